The summed E-state index contributed by atoms with van der Waals surface area (Å²) in [6.07, 6.45) is 0.865. The van der Waals surface area contributed by atoms with Gasteiger partial charge in [-0.05, 0) is 52.8 Å². The predicted octanol–water partition coefficient (Wildman–Crippen LogP) is 3.69. The minimum atomic E-state index is -0.252. The van der Waals surface area contributed by atoms with Crippen molar-refractivity contribution in [3.63, 3.8) is 0 Å². The molecule has 0 fully saturated rings. The van der Waals surface area contributed by atoms with E-state index in [1.165, 1.54) is 11.8 Å². The second kappa shape index (κ2) is 8.43. The molecule has 7 nitrogen and oxygen atoms in total. The summed E-state index contributed by atoms with van der Waals surface area (Å²) < 4.78 is 13.6. The fraction of sp³-hybridized carbons (Fsp3) is 0.550. The van der Waals surface area contributed by atoms with Crippen molar-refractivity contribution < 1.29 is 14.3 Å². The summed E-state index contributed by atoms with van der Waals surface area (Å²) in [6.45, 7) is 11.4. The molecule has 1 aliphatic heterocycles. The molecule has 2 aromatic rings. The normalized spacial score (nSPS) is 14.1. The highest BCUT2D eigenvalue weighted by molar-refractivity contribution is 7.99. The van der Waals surface area contributed by atoms with Gasteiger partial charge in [-0.1, -0.05) is 11.8 Å². The zero-order valence-corrected chi connectivity index (χ0v) is 17.9. The SMILES string of the molecule is CC(C)n1c(SCC(=O)NC(C)(C)C)nnc1-c1ccc2c(c1)OCCCO2. The van der Waals surface area contributed by atoms with Crippen molar-refractivity contribution in [3.8, 4) is 22.9 Å². The molecule has 28 heavy (non-hydrogen) atoms. The van der Waals surface area contributed by atoms with E-state index in [1.54, 1.807) is 0 Å². The number of nitrogens with one attached hydrogen (secondary N) is 1. The van der Waals surface area contributed by atoms with E-state index in [0.29, 0.717) is 19.0 Å². The lowest BCUT2D eigenvalue weighted by Crippen LogP contribution is -2.41. The minimum absolute atomic E-state index is 0.0204. The second-order valence-corrected chi connectivity index (χ2v) is 9.01. The maximum atomic E-state index is 12.2. The van der Waals surface area contributed by atoms with E-state index < -0.39 is 0 Å². The average molecular weight is 405 g/mol. The zero-order valence-electron chi connectivity index (χ0n) is 17.1. The molecule has 0 bridgehead atoms. The first kappa shape index (κ1) is 20.5. The topological polar surface area (TPSA) is 78.3 Å². The molecule has 1 N–H and O–H groups in total. The molecule has 0 aliphatic carbocycles. The Morgan fingerprint density at radius 3 is 2.61 bits per heavy atom. The third-order valence-corrected chi connectivity index (χ3v) is 4.98. The van der Waals surface area contributed by atoms with E-state index in [9.17, 15) is 4.79 Å². The molecule has 1 aliphatic rings. The number of carbonyl (C=O) groups is 1. The Hall–Kier alpha value is -2.22. The fourth-order valence-electron chi connectivity index (χ4n) is 2.92. The third kappa shape index (κ3) is 4.98. The summed E-state index contributed by atoms with van der Waals surface area (Å²) in [4.78, 5) is 12.2. The molecule has 0 saturated heterocycles. The van der Waals surface area contributed by atoms with E-state index in [2.05, 4.69) is 29.4 Å². The van der Waals surface area contributed by atoms with E-state index in [4.69, 9.17) is 9.47 Å². The summed E-state index contributed by atoms with van der Waals surface area (Å²) in [7, 11) is 0. The Bertz CT molecular complexity index is 842. The van der Waals surface area contributed by atoms with Crippen LogP contribution in [0.15, 0.2) is 23.4 Å². The number of thioether (sulfide) groups is 1. The molecule has 0 spiro atoms. The number of ether oxygens (including phenoxy) is 2. The third-order valence-electron chi connectivity index (χ3n) is 4.03. The lowest BCUT2D eigenvalue weighted by Gasteiger charge is -2.20. The summed E-state index contributed by atoms with van der Waals surface area (Å²) in [5.74, 6) is 2.51. The molecule has 0 unspecified atom stereocenters. The Labute approximate surface area is 170 Å². The van der Waals surface area contributed by atoms with Gasteiger partial charge in [0.1, 0.15) is 0 Å². The maximum Gasteiger partial charge on any atom is 0.230 e. The molecular formula is C20H28N4O3S. The van der Waals surface area contributed by atoms with Crippen molar-refractivity contribution >= 4 is 17.7 Å². The standard InChI is InChI=1S/C20H28N4O3S/c1-13(2)24-18(14-7-8-15-16(11-14)27-10-6-9-26-15)22-23-19(24)28-12-17(25)21-20(3,4)5/h7-8,11,13H,6,9-10,12H2,1-5H3,(H,21,25). The molecule has 8 heteroatoms. The van der Waals surface area contributed by atoms with Crippen molar-refractivity contribution in [1.29, 1.82) is 0 Å². The molecule has 1 amide bonds. The smallest absolute Gasteiger partial charge is 0.230 e. The van der Waals surface area contributed by atoms with Gasteiger partial charge in [0, 0.05) is 23.6 Å². The van der Waals surface area contributed by atoms with Gasteiger partial charge < -0.3 is 14.8 Å². The first-order valence-electron chi connectivity index (χ1n) is 9.53. The largest absolute Gasteiger partial charge is 0.490 e. The van der Waals surface area contributed by atoms with Gasteiger partial charge in [0.15, 0.2) is 22.5 Å². The van der Waals surface area contributed by atoms with Crippen molar-refractivity contribution in [1.82, 2.24) is 20.1 Å². The number of hydrogen-bond donors (Lipinski definition) is 1. The number of hydrogen-bond acceptors (Lipinski definition) is 6. The summed E-state index contributed by atoms with van der Waals surface area (Å²) >= 11 is 1.39. The molecule has 152 valence electrons. The minimum Gasteiger partial charge on any atom is -0.490 e. The number of amides is 1. The number of fused-ring (bicyclic) bond motifs is 1. The van der Waals surface area contributed by atoms with E-state index >= 15 is 0 Å². The van der Waals surface area contributed by atoms with Gasteiger partial charge in [-0.3, -0.25) is 9.36 Å². The van der Waals surface area contributed by atoms with Gasteiger partial charge in [-0.2, -0.15) is 0 Å². The molecular weight excluding hydrogens is 376 g/mol. The van der Waals surface area contributed by atoms with E-state index in [1.807, 2.05) is 43.5 Å². The highest BCUT2D eigenvalue weighted by atomic mass is 32.2. The van der Waals surface area contributed by atoms with Gasteiger partial charge in [0.2, 0.25) is 5.91 Å². The highest BCUT2D eigenvalue weighted by Gasteiger charge is 2.21. The zero-order chi connectivity index (χ0) is 20.3. The predicted molar refractivity (Wildman–Crippen MR) is 110 cm³/mol. The van der Waals surface area contributed by atoms with Crippen LogP contribution in [0.3, 0.4) is 0 Å². The Kier molecular flexibility index (Phi) is 6.17. The number of carbonyl (C=O) groups excluding carboxylic acids is 1. The van der Waals surface area contributed by atoms with Crippen LogP contribution >= 0.6 is 11.8 Å². The van der Waals surface area contributed by atoms with Crippen molar-refractivity contribution in [3.05, 3.63) is 18.2 Å². The first-order valence-corrected chi connectivity index (χ1v) is 10.5. The molecule has 1 aromatic heterocycles. The van der Waals surface area contributed by atoms with Crippen LogP contribution in [0.25, 0.3) is 11.4 Å². The van der Waals surface area contributed by atoms with Gasteiger partial charge in [-0.15, -0.1) is 10.2 Å². The molecule has 3 rings (SSSR count). The average Bonchev–Trinajstić information content (AvgIpc) is 2.89. The van der Waals surface area contributed by atoms with Gasteiger partial charge in [-0.25, -0.2) is 0 Å². The van der Waals surface area contributed by atoms with Gasteiger partial charge >= 0.3 is 0 Å². The monoisotopic (exact) mass is 404 g/mol. The van der Waals surface area contributed by atoms with Crippen molar-refractivity contribution in [2.75, 3.05) is 19.0 Å². The van der Waals surface area contributed by atoms with Crippen molar-refractivity contribution in [2.24, 2.45) is 0 Å². The van der Waals surface area contributed by atoms with Crippen molar-refractivity contribution in [2.45, 2.75) is 57.8 Å². The van der Waals surface area contributed by atoms with Crippen LogP contribution in [-0.4, -0.2) is 45.2 Å². The number of nitrogens with zero attached hydrogens (tertiary/aromatic N) is 3. The maximum absolute atomic E-state index is 12.2. The lowest BCUT2D eigenvalue weighted by molar-refractivity contribution is -0.119. The molecule has 0 radical (unpaired) electrons. The highest BCUT2D eigenvalue weighted by Crippen LogP contribution is 2.35. The van der Waals surface area contributed by atoms with Crippen LogP contribution < -0.4 is 14.8 Å². The number of rotatable bonds is 5. The Morgan fingerprint density at radius 2 is 1.93 bits per heavy atom. The summed E-state index contributed by atoms with van der Waals surface area (Å²) in [5.41, 5.74) is 0.662. The van der Waals surface area contributed by atoms with Crippen LogP contribution in [0.1, 0.15) is 47.1 Å². The molecule has 0 atom stereocenters. The van der Waals surface area contributed by atoms with Gasteiger partial charge in [0.05, 0.1) is 19.0 Å². The quantitative estimate of drug-likeness (QED) is 0.766. The van der Waals surface area contributed by atoms with Crippen LogP contribution in [0.2, 0.25) is 0 Å². The number of aromatic nitrogens is 3. The van der Waals surface area contributed by atoms with Gasteiger partial charge in [0.25, 0.3) is 0 Å². The van der Waals surface area contributed by atoms with E-state index in [-0.39, 0.29) is 17.5 Å². The summed E-state index contributed by atoms with van der Waals surface area (Å²) in [5, 5.41) is 12.4. The Morgan fingerprint density at radius 1 is 1.21 bits per heavy atom. The molecule has 2 heterocycles. The van der Waals surface area contributed by atoms with Crippen LogP contribution in [0.5, 0.6) is 11.5 Å². The summed E-state index contributed by atoms with van der Waals surface area (Å²) in [6, 6.07) is 5.98. The molecule has 1 aromatic carbocycles. The second-order valence-electron chi connectivity index (χ2n) is 8.07. The van der Waals surface area contributed by atoms with Crippen LogP contribution in [0.4, 0.5) is 0 Å². The van der Waals surface area contributed by atoms with E-state index in [0.717, 1.165) is 34.5 Å². The first-order chi connectivity index (χ1) is 13.2. The lowest BCUT2D eigenvalue weighted by atomic mass is 10.1. The van der Waals surface area contributed by atoms with Crippen LogP contribution in [-0.2, 0) is 4.79 Å². The number of benzene rings is 1. The fourth-order valence-corrected chi connectivity index (χ4v) is 3.79. The molecule has 0 saturated carbocycles. The Balaban J connectivity index is 1.83. The van der Waals surface area contributed by atoms with Crippen LogP contribution in [0, 0.1) is 0 Å².